The molecule has 212 valence electrons. The zero-order chi connectivity index (χ0) is 29.0. The maximum atomic E-state index is 13.6. The lowest BCUT2D eigenvalue weighted by atomic mass is 9.57. The topological polar surface area (TPSA) is 160 Å². The highest BCUT2D eigenvalue weighted by molar-refractivity contribution is 5.96. The number of aromatic carboxylic acids is 1. The molecule has 2 atom stereocenters. The van der Waals surface area contributed by atoms with Crippen LogP contribution in [-0.2, 0) is 14.4 Å². The lowest BCUT2D eigenvalue weighted by molar-refractivity contribution is -0.192. The van der Waals surface area contributed by atoms with Crippen LogP contribution in [0.15, 0.2) is 24.3 Å². The Kier molecular flexibility index (Phi) is 8.84. The number of aliphatic carboxylic acids is 1. The predicted octanol–water partition coefficient (Wildman–Crippen LogP) is 3.10. The molecule has 5 rings (SSSR count). The molecule has 0 unspecified atom stereocenters. The quantitative estimate of drug-likeness (QED) is 0.389. The van der Waals surface area contributed by atoms with Crippen LogP contribution in [0, 0.1) is 16.7 Å². The Balaban J connectivity index is 0.000000532. The Labute approximate surface area is 221 Å². The summed E-state index contributed by atoms with van der Waals surface area (Å²) in [6, 6.07) is 7.42. The van der Waals surface area contributed by atoms with Gasteiger partial charge in [0.2, 0.25) is 11.8 Å². The molecule has 10 nitrogen and oxygen atoms in total. The van der Waals surface area contributed by atoms with Crippen molar-refractivity contribution in [1.82, 2.24) is 10.2 Å². The largest absolute Gasteiger partial charge is 0.490 e. The number of halogens is 4. The molecule has 0 aromatic heterocycles. The van der Waals surface area contributed by atoms with Crippen LogP contribution in [0.2, 0.25) is 0 Å². The molecule has 2 bridgehead atoms. The highest BCUT2D eigenvalue weighted by atomic mass is 19.4. The third kappa shape index (κ3) is 7.03. The number of anilines is 1. The van der Waals surface area contributed by atoms with Crippen molar-refractivity contribution in [3.63, 3.8) is 0 Å². The van der Waals surface area contributed by atoms with Gasteiger partial charge >= 0.3 is 18.1 Å². The van der Waals surface area contributed by atoms with Gasteiger partial charge in [-0.25, -0.2) is 14.0 Å². The molecule has 0 radical (unpaired) electrons. The Hall–Kier alpha value is -3.73. The van der Waals surface area contributed by atoms with E-state index in [2.05, 4.69) is 10.6 Å². The van der Waals surface area contributed by atoms with Gasteiger partial charge in [-0.2, -0.15) is 18.4 Å². The van der Waals surface area contributed by atoms with Gasteiger partial charge in [0.15, 0.2) is 0 Å². The van der Waals surface area contributed by atoms with E-state index in [4.69, 9.17) is 20.3 Å². The van der Waals surface area contributed by atoms with Crippen molar-refractivity contribution >= 4 is 29.4 Å². The van der Waals surface area contributed by atoms with E-state index in [1.54, 1.807) is 12.1 Å². The number of alkyl halides is 4. The van der Waals surface area contributed by atoms with Crippen molar-refractivity contribution in [2.24, 2.45) is 5.41 Å². The number of carboxylic acids is 2. The van der Waals surface area contributed by atoms with Crippen molar-refractivity contribution in [3.8, 4) is 6.07 Å². The van der Waals surface area contributed by atoms with Gasteiger partial charge < -0.3 is 25.7 Å². The van der Waals surface area contributed by atoms with Crippen LogP contribution in [0.1, 0.15) is 55.3 Å². The van der Waals surface area contributed by atoms with Gasteiger partial charge in [0.05, 0.1) is 24.7 Å². The minimum Gasteiger partial charge on any atom is -0.478 e. The fourth-order valence-corrected chi connectivity index (χ4v) is 5.30. The molecule has 1 heterocycles. The average Bonchev–Trinajstić information content (AvgIpc) is 3.29. The van der Waals surface area contributed by atoms with Gasteiger partial charge in [0.1, 0.15) is 12.2 Å². The summed E-state index contributed by atoms with van der Waals surface area (Å²) in [4.78, 5) is 46.8. The van der Waals surface area contributed by atoms with Gasteiger partial charge in [-0.05, 0) is 62.8 Å². The van der Waals surface area contributed by atoms with Crippen LogP contribution in [0.4, 0.5) is 23.2 Å². The molecule has 4 N–H and O–H groups in total. The second kappa shape index (κ2) is 11.6. The number of benzene rings is 1. The van der Waals surface area contributed by atoms with E-state index in [9.17, 15) is 31.9 Å². The minimum absolute atomic E-state index is 0.0253. The summed E-state index contributed by atoms with van der Waals surface area (Å²) in [7, 11) is 0. The SMILES string of the molecule is N#C[C@@H]1C[C@H](F)CN1C(=O)CNC12CCC(C(=O)Nc3ccc(C(=O)O)cc3)(CC1)CC2.O=C(O)C(F)(F)F. The first kappa shape index (κ1) is 29.8. The van der Waals surface area contributed by atoms with E-state index < -0.39 is 35.7 Å². The van der Waals surface area contributed by atoms with E-state index in [-0.39, 0.29) is 42.4 Å². The molecule has 2 amide bonds. The summed E-state index contributed by atoms with van der Waals surface area (Å²) >= 11 is 0. The standard InChI is InChI=1S/C23H27FN4O4.C2HF3O2/c24-16-11-18(12-25)28(14-16)19(29)13-26-23-8-5-22(6-9-23,7-10-23)21(32)27-17-3-1-15(2-4-17)20(30)31;3-2(4,5)1(6)7/h1-4,16,18,26H,5-11,13-14H2,(H,27,32)(H,30,31);(H,6,7)/t16-,18-,22?,23?;/m0./s1. The van der Waals surface area contributed by atoms with Crippen molar-refractivity contribution < 1.29 is 47.0 Å². The van der Waals surface area contributed by atoms with E-state index in [1.165, 1.54) is 17.0 Å². The number of nitrogens with one attached hydrogen (secondary N) is 2. The molecule has 1 aliphatic heterocycles. The first-order valence-corrected chi connectivity index (χ1v) is 12.2. The van der Waals surface area contributed by atoms with Gasteiger partial charge in [0.25, 0.3) is 0 Å². The molecule has 14 heteroatoms. The van der Waals surface area contributed by atoms with Crippen molar-refractivity contribution in [3.05, 3.63) is 29.8 Å². The van der Waals surface area contributed by atoms with Crippen LogP contribution in [0.5, 0.6) is 0 Å². The fraction of sp³-hybridized carbons (Fsp3) is 0.560. The van der Waals surface area contributed by atoms with Crippen LogP contribution in [0.25, 0.3) is 0 Å². The number of hydrogen-bond acceptors (Lipinski definition) is 6. The summed E-state index contributed by atoms with van der Waals surface area (Å²) in [5, 5.41) is 31.6. The number of rotatable bonds is 6. The predicted molar refractivity (Wildman–Crippen MR) is 127 cm³/mol. The Morgan fingerprint density at radius 1 is 1.03 bits per heavy atom. The maximum absolute atomic E-state index is 13.6. The molecular formula is C25H28F4N4O6. The number of carbonyl (C=O) groups is 4. The average molecular weight is 557 g/mol. The first-order valence-electron chi connectivity index (χ1n) is 12.2. The fourth-order valence-electron chi connectivity index (χ4n) is 5.30. The smallest absolute Gasteiger partial charge is 0.478 e. The zero-order valence-corrected chi connectivity index (χ0v) is 20.8. The van der Waals surface area contributed by atoms with Crippen molar-refractivity contribution in [2.75, 3.05) is 18.4 Å². The summed E-state index contributed by atoms with van der Waals surface area (Å²) in [5.74, 6) is -4.07. The molecular weight excluding hydrogens is 528 g/mol. The number of nitriles is 1. The van der Waals surface area contributed by atoms with E-state index in [0.29, 0.717) is 24.9 Å². The molecule has 39 heavy (non-hydrogen) atoms. The van der Waals surface area contributed by atoms with Gasteiger partial charge in [-0.1, -0.05) is 0 Å². The van der Waals surface area contributed by atoms with Crippen molar-refractivity contribution in [2.45, 2.75) is 68.9 Å². The van der Waals surface area contributed by atoms with Crippen LogP contribution >= 0.6 is 0 Å². The molecule has 3 aliphatic carbocycles. The monoisotopic (exact) mass is 556 g/mol. The second-order valence-corrected chi connectivity index (χ2v) is 10.1. The normalized spacial score (nSPS) is 27.6. The van der Waals surface area contributed by atoms with Crippen molar-refractivity contribution in [1.29, 1.82) is 5.26 Å². The summed E-state index contributed by atoms with van der Waals surface area (Å²) in [5.41, 5.74) is 0.0715. The van der Waals surface area contributed by atoms with E-state index in [0.717, 1.165) is 19.3 Å². The van der Waals surface area contributed by atoms with Crippen LogP contribution < -0.4 is 10.6 Å². The van der Waals surface area contributed by atoms with E-state index >= 15 is 0 Å². The number of fused-ring (bicyclic) bond motifs is 3. The number of amides is 2. The molecule has 1 aromatic carbocycles. The highest BCUT2D eigenvalue weighted by Crippen LogP contribution is 2.52. The number of carboxylic acid groups (broad SMARTS) is 2. The molecule has 3 saturated carbocycles. The molecule has 1 saturated heterocycles. The number of likely N-dealkylation sites (tertiary alicyclic amines) is 1. The van der Waals surface area contributed by atoms with Gasteiger partial charge in [-0.3, -0.25) is 9.59 Å². The Morgan fingerprint density at radius 3 is 2.03 bits per heavy atom. The van der Waals surface area contributed by atoms with Gasteiger partial charge in [0, 0.05) is 23.1 Å². The molecule has 4 aliphatic rings. The third-order valence-corrected chi connectivity index (χ3v) is 7.69. The van der Waals surface area contributed by atoms with Gasteiger partial charge in [-0.15, -0.1) is 0 Å². The summed E-state index contributed by atoms with van der Waals surface area (Å²) in [6.07, 6.45) is -1.77. The first-order chi connectivity index (χ1) is 18.2. The molecule has 4 fully saturated rings. The Bertz CT molecular complexity index is 1130. The number of nitrogens with zero attached hydrogens (tertiary/aromatic N) is 2. The molecule has 0 spiro atoms. The van der Waals surface area contributed by atoms with Crippen LogP contribution in [0.3, 0.4) is 0 Å². The second-order valence-electron chi connectivity index (χ2n) is 10.1. The highest BCUT2D eigenvalue weighted by Gasteiger charge is 2.52. The minimum atomic E-state index is -5.08. The van der Waals surface area contributed by atoms with E-state index in [1.807, 2.05) is 6.07 Å². The molecule has 1 aromatic rings. The lowest BCUT2D eigenvalue weighted by Gasteiger charge is -2.52. The zero-order valence-electron chi connectivity index (χ0n) is 20.8. The summed E-state index contributed by atoms with van der Waals surface area (Å²) in [6.45, 7) is 0.0441. The van der Waals surface area contributed by atoms with Crippen LogP contribution in [-0.4, -0.2) is 75.9 Å². The number of hydrogen-bond donors (Lipinski definition) is 4. The Morgan fingerprint density at radius 2 is 1.56 bits per heavy atom. The summed E-state index contributed by atoms with van der Waals surface area (Å²) < 4.78 is 45.4. The lowest BCUT2D eigenvalue weighted by Crippen LogP contribution is -2.59. The maximum Gasteiger partial charge on any atom is 0.490 e. The third-order valence-electron chi connectivity index (χ3n) is 7.69. The number of carbonyl (C=O) groups excluding carboxylic acids is 2.